The minimum Gasteiger partial charge on any atom is -0.309 e. The van der Waals surface area contributed by atoms with E-state index >= 15 is 0 Å². The number of rotatable bonds is 1. The summed E-state index contributed by atoms with van der Waals surface area (Å²) < 4.78 is 1.15. The average Bonchev–Trinajstić information content (AvgIpc) is 2.06. The third-order valence-electron chi connectivity index (χ3n) is 2.46. The molecule has 64 valence electrons. The summed E-state index contributed by atoms with van der Waals surface area (Å²) in [5, 5.41) is 3.42. The maximum Gasteiger partial charge on any atom is 0.0358 e. The van der Waals surface area contributed by atoms with E-state index in [1.165, 1.54) is 5.56 Å². The molecule has 2 unspecified atom stereocenters. The van der Waals surface area contributed by atoms with Crippen LogP contribution in [0.1, 0.15) is 18.5 Å². The van der Waals surface area contributed by atoms with Crippen molar-refractivity contribution < 1.29 is 0 Å². The van der Waals surface area contributed by atoms with Gasteiger partial charge in [0.05, 0.1) is 0 Å². The highest BCUT2D eigenvalue weighted by Crippen LogP contribution is 2.29. The van der Waals surface area contributed by atoms with E-state index in [1.807, 2.05) is 0 Å². The van der Waals surface area contributed by atoms with Gasteiger partial charge in [0.25, 0.3) is 0 Å². The van der Waals surface area contributed by atoms with Crippen LogP contribution >= 0.6 is 15.9 Å². The minimum atomic E-state index is 0.582. The van der Waals surface area contributed by atoms with Crippen molar-refractivity contribution in [2.75, 3.05) is 6.54 Å². The number of benzene rings is 1. The van der Waals surface area contributed by atoms with Crippen LogP contribution in [0.25, 0.3) is 0 Å². The zero-order valence-corrected chi connectivity index (χ0v) is 8.64. The van der Waals surface area contributed by atoms with E-state index in [0.717, 1.165) is 16.9 Å². The van der Waals surface area contributed by atoms with Gasteiger partial charge in [-0.1, -0.05) is 35.0 Å². The van der Waals surface area contributed by atoms with E-state index in [2.05, 4.69) is 52.4 Å². The summed E-state index contributed by atoms with van der Waals surface area (Å²) in [7, 11) is 0. The largest absolute Gasteiger partial charge is 0.309 e. The zero-order valence-electron chi connectivity index (χ0n) is 7.05. The lowest BCUT2D eigenvalue weighted by atomic mass is 9.88. The molecule has 1 aliphatic heterocycles. The molecule has 0 saturated carbocycles. The Morgan fingerprint density at radius 1 is 1.33 bits per heavy atom. The smallest absolute Gasteiger partial charge is 0.0358 e. The van der Waals surface area contributed by atoms with E-state index in [4.69, 9.17) is 0 Å². The lowest BCUT2D eigenvalue weighted by Gasteiger charge is -2.36. The average molecular weight is 226 g/mol. The molecule has 0 aliphatic carbocycles. The summed E-state index contributed by atoms with van der Waals surface area (Å²) in [6, 6.07) is 9.14. The van der Waals surface area contributed by atoms with Crippen molar-refractivity contribution in [3.63, 3.8) is 0 Å². The second-order valence-electron chi connectivity index (χ2n) is 3.41. The van der Waals surface area contributed by atoms with Crippen LogP contribution in [0, 0.1) is 5.92 Å². The molecule has 1 aliphatic rings. The summed E-state index contributed by atoms with van der Waals surface area (Å²) >= 11 is 3.43. The first-order chi connectivity index (χ1) is 5.77. The summed E-state index contributed by atoms with van der Waals surface area (Å²) in [6.07, 6.45) is 0. The van der Waals surface area contributed by atoms with Crippen LogP contribution in [0.15, 0.2) is 28.7 Å². The van der Waals surface area contributed by atoms with Gasteiger partial charge in [0, 0.05) is 17.1 Å². The Labute approximate surface area is 81.3 Å². The third-order valence-corrected chi connectivity index (χ3v) is 2.99. The maximum atomic E-state index is 3.43. The van der Waals surface area contributed by atoms with Crippen molar-refractivity contribution in [3.8, 4) is 0 Å². The van der Waals surface area contributed by atoms with Crippen molar-refractivity contribution in [1.82, 2.24) is 5.32 Å². The molecule has 2 heteroatoms. The fourth-order valence-electron chi connectivity index (χ4n) is 1.59. The quantitative estimate of drug-likeness (QED) is 0.776. The van der Waals surface area contributed by atoms with Gasteiger partial charge in [0.1, 0.15) is 0 Å². The van der Waals surface area contributed by atoms with Crippen LogP contribution in [0.3, 0.4) is 0 Å². The molecule has 0 aromatic heterocycles. The molecule has 0 spiro atoms. The highest BCUT2D eigenvalue weighted by molar-refractivity contribution is 9.10. The Balaban J connectivity index is 2.18. The monoisotopic (exact) mass is 225 g/mol. The Morgan fingerprint density at radius 2 is 2.00 bits per heavy atom. The second kappa shape index (κ2) is 3.19. The van der Waals surface area contributed by atoms with Gasteiger partial charge in [0.2, 0.25) is 0 Å². The molecule has 2 atom stereocenters. The number of hydrogen-bond acceptors (Lipinski definition) is 1. The maximum absolute atomic E-state index is 3.43. The van der Waals surface area contributed by atoms with Crippen molar-refractivity contribution in [2.24, 2.45) is 5.92 Å². The van der Waals surface area contributed by atoms with Crippen LogP contribution < -0.4 is 5.32 Å². The molecule has 1 heterocycles. The third kappa shape index (κ3) is 1.41. The van der Waals surface area contributed by atoms with Crippen LogP contribution in [0.5, 0.6) is 0 Å². The number of nitrogens with one attached hydrogen (secondary N) is 1. The van der Waals surface area contributed by atoms with E-state index in [9.17, 15) is 0 Å². The van der Waals surface area contributed by atoms with Crippen LogP contribution in [0.4, 0.5) is 0 Å². The first-order valence-corrected chi connectivity index (χ1v) is 5.05. The van der Waals surface area contributed by atoms with E-state index in [0.29, 0.717) is 6.04 Å². The number of hydrogen-bond donors (Lipinski definition) is 1. The summed E-state index contributed by atoms with van der Waals surface area (Å²) in [6.45, 7) is 3.43. The SMILES string of the molecule is CC1CNC1c1ccc(Br)cc1. The topological polar surface area (TPSA) is 12.0 Å². The second-order valence-corrected chi connectivity index (χ2v) is 4.33. The summed E-state index contributed by atoms with van der Waals surface area (Å²) in [5.74, 6) is 0.783. The Morgan fingerprint density at radius 3 is 2.42 bits per heavy atom. The lowest BCUT2D eigenvalue weighted by Crippen LogP contribution is -2.43. The highest BCUT2D eigenvalue weighted by atomic mass is 79.9. The van der Waals surface area contributed by atoms with Gasteiger partial charge in [-0.3, -0.25) is 0 Å². The van der Waals surface area contributed by atoms with Crippen molar-refractivity contribution >= 4 is 15.9 Å². The van der Waals surface area contributed by atoms with Gasteiger partial charge in [0.15, 0.2) is 0 Å². The molecule has 0 bridgehead atoms. The predicted octanol–water partition coefficient (Wildman–Crippen LogP) is 2.73. The van der Waals surface area contributed by atoms with Crippen molar-refractivity contribution in [3.05, 3.63) is 34.3 Å². The standard InChI is InChI=1S/C10H12BrN/c1-7-6-12-10(7)8-2-4-9(11)5-3-8/h2-5,7,10,12H,6H2,1H3. The molecule has 1 fully saturated rings. The molecular formula is C10H12BrN. The lowest BCUT2D eigenvalue weighted by molar-refractivity contribution is 0.258. The van der Waals surface area contributed by atoms with Gasteiger partial charge in [-0.2, -0.15) is 0 Å². The van der Waals surface area contributed by atoms with E-state index in [1.54, 1.807) is 0 Å². The fourth-order valence-corrected chi connectivity index (χ4v) is 1.85. The Kier molecular flexibility index (Phi) is 2.20. The molecule has 1 aromatic carbocycles. The molecule has 1 N–H and O–H groups in total. The molecule has 1 nitrogen and oxygen atoms in total. The normalized spacial score (nSPS) is 28.2. The van der Waals surface area contributed by atoms with Gasteiger partial charge in [-0.05, 0) is 23.6 Å². The Hall–Kier alpha value is -0.340. The molecule has 1 saturated heterocycles. The van der Waals surface area contributed by atoms with Crippen molar-refractivity contribution in [2.45, 2.75) is 13.0 Å². The first kappa shape index (κ1) is 8.27. The summed E-state index contributed by atoms with van der Waals surface area (Å²) in [5.41, 5.74) is 1.40. The molecule has 0 radical (unpaired) electrons. The van der Waals surface area contributed by atoms with Crippen molar-refractivity contribution in [1.29, 1.82) is 0 Å². The zero-order chi connectivity index (χ0) is 8.55. The predicted molar refractivity (Wildman–Crippen MR) is 54.0 cm³/mol. The van der Waals surface area contributed by atoms with Gasteiger partial charge >= 0.3 is 0 Å². The van der Waals surface area contributed by atoms with Crippen LogP contribution in [-0.2, 0) is 0 Å². The number of halogens is 1. The van der Waals surface area contributed by atoms with Gasteiger partial charge < -0.3 is 5.32 Å². The van der Waals surface area contributed by atoms with Gasteiger partial charge in [-0.25, -0.2) is 0 Å². The molecule has 2 rings (SSSR count). The minimum absolute atomic E-state index is 0.582. The Bertz CT molecular complexity index is 268. The molecule has 12 heavy (non-hydrogen) atoms. The fraction of sp³-hybridized carbons (Fsp3) is 0.400. The highest BCUT2D eigenvalue weighted by Gasteiger charge is 2.26. The van der Waals surface area contributed by atoms with Crippen LogP contribution in [0.2, 0.25) is 0 Å². The molecule has 1 aromatic rings. The van der Waals surface area contributed by atoms with E-state index in [-0.39, 0.29) is 0 Å². The molecule has 0 amide bonds. The molecular weight excluding hydrogens is 214 g/mol. The summed E-state index contributed by atoms with van der Waals surface area (Å²) in [4.78, 5) is 0. The van der Waals surface area contributed by atoms with E-state index < -0.39 is 0 Å². The first-order valence-electron chi connectivity index (χ1n) is 4.26. The van der Waals surface area contributed by atoms with Crippen LogP contribution in [-0.4, -0.2) is 6.54 Å². The van der Waals surface area contributed by atoms with Gasteiger partial charge in [-0.15, -0.1) is 0 Å².